The van der Waals surface area contributed by atoms with Crippen LogP contribution in [0.25, 0.3) is 21.8 Å². The smallest absolute Gasteiger partial charge is 0.352 e. The van der Waals surface area contributed by atoms with E-state index in [1.807, 2.05) is 24.4 Å². The number of aromatic nitrogens is 2. The molecule has 4 nitrogen and oxygen atoms in total. The molecular weight excluding hydrogens is 192 g/mol. The number of benzene rings is 1. The summed E-state index contributed by atoms with van der Waals surface area (Å²) in [7, 11) is 0. The van der Waals surface area contributed by atoms with E-state index in [0.29, 0.717) is 0 Å². The van der Waals surface area contributed by atoms with Crippen LogP contribution in [0.3, 0.4) is 0 Å². The molecule has 0 aliphatic rings. The van der Waals surface area contributed by atoms with Crippen molar-refractivity contribution in [3.63, 3.8) is 0 Å². The largest absolute Gasteiger partial charge is 0.477 e. The van der Waals surface area contributed by atoms with E-state index >= 15 is 0 Å². The first-order chi connectivity index (χ1) is 7.25. The van der Waals surface area contributed by atoms with Crippen LogP contribution in [0, 0.1) is 0 Å². The van der Waals surface area contributed by atoms with Gasteiger partial charge in [0.1, 0.15) is 5.69 Å². The summed E-state index contributed by atoms with van der Waals surface area (Å²) in [6.45, 7) is 0. The molecule has 3 rings (SSSR count). The van der Waals surface area contributed by atoms with Gasteiger partial charge in [0.2, 0.25) is 0 Å². The summed E-state index contributed by atoms with van der Waals surface area (Å²) in [5, 5.41) is 10.8. The molecule has 15 heavy (non-hydrogen) atoms. The third-order valence-corrected chi connectivity index (χ3v) is 2.56. The van der Waals surface area contributed by atoms with Gasteiger partial charge in [0.15, 0.2) is 0 Å². The van der Waals surface area contributed by atoms with Crippen LogP contribution in [-0.4, -0.2) is 21.0 Å². The molecule has 74 valence electrons. The van der Waals surface area contributed by atoms with Gasteiger partial charge in [0.05, 0.1) is 5.52 Å². The maximum atomic E-state index is 10.8. The van der Waals surface area contributed by atoms with Crippen LogP contribution in [0.2, 0.25) is 0 Å². The summed E-state index contributed by atoms with van der Waals surface area (Å²) in [5.74, 6) is -0.935. The number of aromatic carboxylic acids is 1. The minimum absolute atomic E-state index is 0.221. The molecule has 0 spiro atoms. The molecule has 1 aromatic carbocycles. The second-order valence-electron chi connectivity index (χ2n) is 3.46. The fourth-order valence-corrected chi connectivity index (χ4v) is 1.85. The van der Waals surface area contributed by atoms with Crippen molar-refractivity contribution in [1.82, 2.24) is 9.97 Å². The second kappa shape index (κ2) is 2.63. The van der Waals surface area contributed by atoms with E-state index in [2.05, 4.69) is 9.97 Å². The van der Waals surface area contributed by atoms with Crippen LogP contribution >= 0.6 is 0 Å². The first-order valence-electron chi connectivity index (χ1n) is 4.58. The van der Waals surface area contributed by atoms with Gasteiger partial charge >= 0.3 is 5.97 Å². The van der Waals surface area contributed by atoms with Gasteiger partial charge < -0.3 is 15.1 Å². The summed E-state index contributed by atoms with van der Waals surface area (Å²) >= 11 is 0. The molecule has 0 atom stereocenters. The molecule has 0 aliphatic carbocycles. The number of rotatable bonds is 1. The Morgan fingerprint density at radius 3 is 2.93 bits per heavy atom. The van der Waals surface area contributed by atoms with Crippen molar-refractivity contribution in [3.05, 3.63) is 36.2 Å². The van der Waals surface area contributed by atoms with E-state index in [1.165, 1.54) is 0 Å². The van der Waals surface area contributed by atoms with Crippen LogP contribution < -0.4 is 0 Å². The average Bonchev–Trinajstić information content (AvgIpc) is 2.82. The van der Waals surface area contributed by atoms with Crippen molar-refractivity contribution < 1.29 is 9.90 Å². The van der Waals surface area contributed by atoms with Crippen LogP contribution in [-0.2, 0) is 0 Å². The zero-order valence-electron chi connectivity index (χ0n) is 7.74. The van der Waals surface area contributed by atoms with Gasteiger partial charge in [-0.1, -0.05) is 6.07 Å². The van der Waals surface area contributed by atoms with Gasteiger partial charge in [-0.05, 0) is 18.2 Å². The molecule has 0 saturated carbocycles. The van der Waals surface area contributed by atoms with E-state index in [9.17, 15) is 4.79 Å². The van der Waals surface area contributed by atoms with E-state index in [0.717, 1.165) is 21.8 Å². The second-order valence-corrected chi connectivity index (χ2v) is 3.46. The zero-order valence-corrected chi connectivity index (χ0v) is 7.74. The van der Waals surface area contributed by atoms with Gasteiger partial charge in [-0.3, -0.25) is 0 Å². The van der Waals surface area contributed by atoms with E-state index in [4.69, 9.17) is 5.11 Å². The molecule has 3 aromatic rings. The molecule has 0 unspecified atom stereocenters. The van der Waals surface area contributed by atoms with E-state index < -0.39 is 5.97 Å². The average molecular weight is 200 g/mol. The number of aromatic amines is 2. The molecule has 4 heteroatoms. The molecule has 0 amide bonds. The lowest BCUT2D eigenvalue weighted by Crippen LogP contribution is -1.94. The SMILES string of the molecule is O=C(O)c1cc2ccc3[nH]ccc3c2[nH]1. The highest BCUT2D eigenvalue weighted by atomic mass is 16.4. The minimum atomic E-state index is -0.935. The Balaban J connectivity index is 2.46. The monoisotopic (exact) mass is 200 g/mol. The van der Waals surface area contributed by atoms with Crippen LogP contribution in [0.5, 0.6) is 0 Å². The maximum Gasteiger partial charge on any atom is 0.352 e. The fourth-order valence-electron chi connectivity index (χ4n) is 1.85. The number of hydrogen-bond acceptors (Lipinski definition) is 1. The van der Waals surface area contributed by atoms with Crippen molar-refractivity contribution >= 4 is 27.8 Å². The molecule has 3 N–H and O–H groups in total. The number of fused-ring (bicyclic) bond motifs is 3. The predicted molar refractivity (Wildman–Crippen MR) is 57.1 cm³/mol. The predicted octanol–water partition coefficient (Wildman–Crippen LogP) is 2.35. The number of H-pyrrole nitrogens is 2. The Labute approximate surface area is 84.5 Å². The molecule has 0 saturated heterocycles. The van der Waals surface area contributed by atoms with Crippen molar-refractivity contribution in [2.24, 2.45) is 0 Å². The van der Waals surface area contributed by atoms with E-state index in [1.54, 1.807) is 6.07 Å². The Hall–Kier alpha value is -2.23. The lowest BCUT2D eigenvalue weighted by atomic mass is 10.2. The number of nitrogens with one attached hydrogen (secondary N) is 2. The van der Waals surface area contributed by atoms with Gasteiger partial charge in [0, 0.05) is 22.5 Å². The molecule has 2 aromatic heterocycles. The highest BCUT2D eigenvalue weighted by Gasteiger charge is 2.09. The third-order valence-electron chi connectivity index (χ3n) is 2.56. The normalized spacial score (nSPS) is 11.2. The Kier molecular flexibility index (Phi) is 1.42. The first-order valence-corrected chi connectivity index (χ1v) is 4.58. The van der Waals surface area contributed by atoms with Crippen molar-refractivity contribution in [2.75, 3.05) is 0 Å². The van der Waals surface area contributed by atoms with Gasteiger partial charge in [-0.25, -0.2) is 4.79 Å². The summed E-state index contributed by atoms with van der Waals surface area (Å²) in [6, 6.07) is 7.41. The summed E-state index contributed by atoms with van der Waals surface area (Å²) < 4.78 is 0. The minimum Gasteiger partial charge on any atom is -0.477 e. The molecule has 0 bridgehead atoms. The zero-order chi connectivity index (χ0) is 10.4. The molecule has 0 radical (unpaired) electrons. The first kappa shape index (κ1) is 8.11. The topological polar surface area (TPSA) is 68.9 Å². The third kappa shape index (κ3) is 1.05. The summed E-state index contributed by atoms with van der Waals surface area (Å²) in [6.07, 6.45) is 1.84. The van der Waals surface area contributed by atoms with Gasteiger partial charge in [-0.2, -0.15) is 0 Å². The molecule has 0 aliphatic heterocycles. The van der Waals surface area contributed by atoms with Crippen molar-refractivity contribution in [2.45, 2.75) is 0 Å². The fraction of sp³-hybridized carbons (Fsp3) is 0. The lowest BCUT2D eigenvalue weighted by molar-refractivity contribution is 0.0691. The van der Waals surface area contributed by atoms with Crippen LogP contribution in [0.4, 0.5) is 0 Å². The summed E-state index contributed by atoms with van der Waals surface area (Å²) in [5.41, 5.74) is 2.09. The number of hydrogen-bond donors (Lipinski definition) is 3. The van der Waals surface area contributed by atoms with Crippen molar-refractivity contribution in [1.29, 1.82) is 0 Å². The Morgan fingerprint density at radius 1 is 1.27 bits per heavy atom. The summed E-state index contributed by atoms with van der Waals surface area (Å²) in [4.78, 5) is 16.8. The van der Waals surface area contributed by atoms with Crippen LogP contribution in [0.1, 0.15) is 10.5 Å². The maximum absolute atomic E-state index is 10.8. The van der Waals surface area contributed by atoms with E-state index in [-0.39, 0.29) is 5.69 Å². The number of carboxylic acid groups (broad SMARTS) is 1. The Bertz CT molecular complexity index is 663. The highest BCUT2D eigenvalue weighted by molar-refractivity contribution is 6.07. The quantitative estimate of drug-likeness (QED) is 0.564. The van der Waals surface area contributed by atoms with Gasteiger partial charge in [0.25, 0.3) is 0 Å². The molecule has 2 heterocycles. The highest BCUT2D eigenvalue weighted by Crippen LogP contribution is 2.24. The number of carboxylic acids is 1. The standard InChI is InChI=1S/C11H8N2O2/c14-11(15)9-5-6-1-2-8-7(3-4-12-8)10(6)13-9/h1-5,12-13H,(H,14,15). The number of carbonyl (C=O) groups is 1. The van der Waals surface area contributed by atoms with Gasteiger partial charge in [-0.15, -0.1) is 0 Å². The Morgan fingerprint density at radius 2 is 2.13 bits per heavy atom. The van der Waals surface area contributed by atoms with Crippen molar-refractivity contribution in [3.8, 4) is 0 Å². The lowest BCUT2D eigenvalue weighted by Gasteiger charge is -1.91. The van der Waals surface area contributed by atoms with Crippen LogP contribution in [0.15, 0.2) is 30.5 Å². The molecule has 0 fully saturated rings. The molecular formula is C11H8N2O2.